The van der Waals surface area contributed by atoms with E-state index in [4.69, 9.17) is 0 Å². The summed E-state index contributed by atoms with van der Waals surface area (Å²) in [4.78, 5) is 12.4. The molecule has 0 heterocycles. The molecule has 0 aliphatic carbocycles. The highest BCUT2D eigenvalue weighted by Crippen LogP contribution is 2.16. The molecule has 0 saturated carbocycles. The van der Waals surface area contributed by atoms with E-state index in [-0.39, 0.29) is 12.5 Å². The summed E-state index contributed by atoms with van der Waals surface area (Å²) < 4.78 is 0. The zero-order valence-corrected chi connectivity index (χ0v) is 38.3. The van der Waals surface area contributed by atoms with E-state index in [2.05, 4.69) is 104 Å². The third-order valence-corrected chi connectivity index (χ3v) is 10.9. The van der Waals surface area contributed by atoms with Gasteiger partial charge in [0.1, 0.15) is 0 Å². The number of allylic oxidation sites excluding steroid dienone is 14. The van der Waals surface area contributed by atoms with Gasteiger partial charge in [-0.05, 0) is 70.6 Å². The average Bonchev–Trinajstić information content (AvgIpc) is 3.23. The topological polar surface area (TPSA) is 69.6 Å². The number of unbranched alkanes of at least 4 members (excludes halogenated alkanes) is 23. The van der Waals surface area contributed by atoms with E-state index in [0.29, 0.717) is 12.8 Å². The zero-order chi connectivity index (χ0) is 42.1. The number of carbonyl (C=O) groups is 1. The minimum Gasteiger partial charge on any atom is -0.394 e. The summed E-state index contributed by atoms with van der Waals surface area (Å²) in [5.74, 6) is -0.0647. The highest BCUT2D eigenvalue weighted by Gasteiger charge is 2.20. The summed E-state index contributed by atoms with van der Waals surface area (Å²) >= 11 is 0. The van der Waals surface area contributed by atoms with Crippen molar-refractivity contribution >= 4 is 5.91 Å². The Morgan fingerprint density at radius 1 is 0.431 bits per heavy atom. The van der Waals surface area contributed by atoms with E-state index < -0.39 is 12.1 Å². The van der Waals surface area contributed by atoms with Crippen LogP contribution in [0.15, 0.2) is 85.1 Å². The van der Waals surface area contributed by atoms with Crippen molar-refractivity contribution in [2.45, 2.75) is 244 Å². The molecule has 1 amide bonds. The van der Waals surface area contributed by atoms with Crippen LogP contribution in [0.25, 0.3) is 0 Å². The first-order valence-electron chi connectivity index (χ1n) is 24.8. The maximum atomic E-state index is 12.4. The second-order valence-corrected chi connectivity index (χ2v) is 16.5. The SMILES string of the molecule is CC/C=C\C/C=C\C/C=C\C/C=C\C/C=C\C/C=C\C/C=C\CCCCCC(=O)NC(CO)C(O)CCCCCCCCCCCCCCCCCCCCCCC. The largest absolute Gasteiger partial charge is 0.394 e. The first-order chi connectivity index (χ1) is 28.7. The van der Waals surface area contributed by atoms with Crippen molar-refractivity contribution in [2.75, 3.05) is 6.61 Å². The van der Waals surface area contributed by atoms with Crippen molar-refractivity contribution in [1.29, 1.82) is 0 Å². The summed E-state index contributed by atoms with van der Waals surface area (Å²) in [6.07, 6.45) is 71.0. The fourth-order valence-electron chi connectivity index (χ4n) is 7.16. The van der Waals surface area contributed by atoms with Crippen LogP contribution in [-0.4, -0.2) is 34.9 Å². The van der Waals surface area contributed by atoms with E-state index in [1.54, 1.807) is 0 Å². The molecule has 4 nitrogen and oxygen atoms in total. The fraction of sp³-hybridized carbons (Fsp3) is 0.722. The van der Waals surface area contributed by atoms with Gasteiger partial charge in [0.2, 0.25) is 5.91 Å². The van der Waals surface area contributed by atoms with Crippen molar-refractivity contribution in [3.63, 3.8) is 0 Å². The molecule has 0 aliphatic rings. The number of rotatable bonds is 44. The van der Waals surface area contributed by atoms with Gasteiger partial charge in [0.05, 0.1) is 18.8 Å². The first-order valence-corrected chi connectivity index (χ1v) is 24.8. The van der Waals surface area contributed by atoms with Crippen molar-refractivity contribution < 1.29 is 15.0 Å². The Bertz CT molecular complexity index is 1050. The Morgan fingerprint density at radius 2 is 0.759 bits per heavy atom. The van der Waals surface area contributed by atoms with Gasteiger partial charge in [0.15, 0.2) is 0 Å². The van der Waals surface area contributed by atoms with Crippen LogP contribution in [0.5, 0.6) is 0 Å². The van der Waals surface area contributed by atoms with Crippen LogP contribution in [0.2, 0.25) is 0 Å². The van der Waals surface area contributed by atoms with Gasteiger partial charge in [0, 0.05) is 6.42 Å². The Morgan fingerprint density at radius 3 is 1.12 bits per heavy atom. The lowest BCUT2D eigenvalue weighted by Crippen LogP contribution is -2.45. The number of amides is 1. The third-order valence-electron chi connectivity index (χ3n) is 10.9. The van der Waals surface area contributed by atoms with Crippen LogP contribution >= 0.6 is 0 Å². The van der Waals surface area contributed by atoms with Gasteiger partial charge in [-0.25, -0.2) is 0 Å². The highest BCUT2D eigenvalue weighted by molar-refractivity contribution is 5.76. The number of aliphatic hydroxyl groups excluding tert-OH is 2. The predicted octanol–water partition coefficient (Wildman–Crippen LogP) is 16.0. The van der Waals surface area contributed by atoms with Crippen LogP contribution in [0, 0.1) is 0 Å². The van der Waals surface area contributed by atoms with Gasteiger partial charge in [0.25, 0.3) is 0 Å². The van der Waals surface area contributed by atoms with E-state index in [1.807, 2.05) is 0 Å². The Kier molecular flexibility index (Phi) is 46.9. The molecule has 0 aromatic carbocycles. The average molecular weight is 806 g/mol. The summed E-state index contributed by atoms with van der Waals surface area (Å²) in [7, 11) is 0. The number of hydrogen-bond donors (Lipinski definition) is 3. The van der Waals surface area contributed by atoms with E-state index in [1.165, 1.54) is 122 Å². The van der Waals surface area contributed by atoms with Crippen LogP contribution in [0.1, 0.15) is 232 Å². The lowest BCUT2D eigenvalue weighted by molar-refractivity contribution is -0.123. The predicted molar refractivity (Wildman–Crippen MR) is 257 cm³/mol. The molecule has 0 rings (SSSR count). The number of aliphatic hydroxyl groups is 2. The summed E-state index contributed by atoms with van der Waals surface area (Å²) in [5, 5.41) is 23.2. The maximum absolute atomic E-state index is 12.4. The molecule has 0 fully saturated rings. The molecule has 3 N–H and O–H groups in total. The van der Waals surface area contributed by atoms with Gasteiger partial charge in [-0.1, -0.05) is 240 Å². The minimum absolute atomic E-state index is 0.0647. The summed E-state index contributed by atoms with van der Waals surface area (Å²) in [6, 6.07) is -0.561. The molecule has 0 aromatic heterocycles. The molecular weight excluding hydrogens is 711 g/mol. The fourth-order valence-corrected chi connectivity index (χ4v) is 7.16. The molecular formula is C54H95NO3. The summed E-state index contributed by atoms with van der Waals surface area (Å²) in [6.45, 7) is 4.24. The molecule has 0 saturated heterocycles. The van der Waals surface area contributed by atoms with Gasteiger partial charge < -0.3 is 15.5 Å². The van der Waals surface area contributed by atoms with Crippen LogP contribution in [-0.2, 0) is 4.79 Å². The normalized spacial score (nSPS) is 13.7. The molecule has 0 aliphatic heterocycles. The van der Waals surface area contributed by atoms with Crippen LogP contribution < -0.4 is 5.32 Å². The summed E-state index contributed by atoms with van der Waals surface area (Å²) in [5.41, 5.74) is 0. The number of nitrogens with one attached hydrogen (secondary N) is 1. The smallest absolute Gasteiger partial charge is 0.220 e. The Labute approximate surface area is 361 Å². The molecule has 0 aromatic rings. The molecule has 58 heavy (non-hydrogen) atoms. The van der Waals surface area contributed by atoms with Crippen molar-refractivity contribution in [1.82, 2.24) is 5.32 Å². The van der Waals surface area contributed by atoms with E-state index >= 15 is 0 Å². The third kappa shape index (κ3) is 44.7. The number of carbonyl (C=O) groups excluding carboxylic acids is 1. The van der Waals surface area contributed by atoms with Gasteiger partial charge in [-0.15, -0.1) is 0 Å². The van der Waals surface area contributed by atoms with Crippen LogP contribution in [0.4, 0.5) is 0 Å². The van der Waals surface area contributed by atoms with Gasteiger partial charge in [-0.2, -0.15) is 0 Å². The van der Waals surface area contributed by atoms with Crippen molar-refractivity contribution in [2.24, 2.45) is 0 Å². The van der Waals surface area contributed by atoms with Gasteiger partial charge in [-0.3, -0.25) is 4.79 Å². The second kappa shape index (κ2) is 48.9. The van der Waals surface area contributed by atoms with E-state index in [0.717, 1.165) is 83.5 Å². The molecule has 0 spiro atoms. The van der Waals surface area contributed by atoms with E-state index in [9.17, 15) is 15.0 Å². The zero-order valence-electron chi connectivity index (χ0n) is 38.3. The van der Waals surface area contributed by atoms with Gasteiger partial charge >= 0.3 is 0 Å². The highest BCUT2D eigenvalue weighted by atomic mass is 16.3. The maximum Gasteiger partial charge on any atom is 0.220 e. The lowest BCUT2D eigenvalue weighted by Gasteiger charge is -2.22. The standard InChI is InChI=1S/C54H95NO3/c1-3-5-7-9-11-13-15-17-19-21-23-25-26-27-28-30-32-34-36-38-40-42-44-46-48-50-54(58)55-52(51-56)53(57)49-47-45-43-41-39-37-35-33-31-29-24-22-20-18-16-14-12-10-8-6-4-2/h5,7,11,13,17,19,23,25,27-28,32,34,38,40,52-53,56-57H,3-4,6,8-10,12,14-16,18,20-22,24,26,29-31,33,35-37,39,41-51H2,1-2H3,(H,55,58)/b7-5-,13-11-,19-17-,25-23-,28-27-,34-32-,40-38-. The molecule has 334 valence electrons. The Balaban J connectivity index is 3.62. The lowest BCUT2D eigenvalue weighted by atomic mass is 10.0. The first kappa shape index (κ1) is 55.6. The number of hydrogen-bond acceptors (Lipinski definition) is 3. The minimum atomic E-state index is -0.680. The second-order valence-electron chi connectivity index (χ2n) is 16.5. The monoisotopic (exact) mass is 806 g/mol. The quantitative estimate of drug-likeness (QED) is 0.0424. The van der Waals surface area contributed by atoms with Crippen molar-refractivity contribution in [3.05, 3.63) is 85.1 Å². The van der Waals surface area contributed by atoms with Crippen molar-refractivity contribution in [3.8, 4) is 0 Å². The Hall–Kier alpha value is -2.43. The molecule has 2 atom stereocenters. The molecule has 2 unspecified atom stereocenters. The van der Waals surface area contributed by atoms with Crippen LogP contribution in [0.3, 0.4) is 0 Å². The molecule has 4 heteroatoms. The molecule has 0 radical (unpaired) electrons. The molecule has 0 bridgehead atoms.